The second-order valence-electron chi connectivity index (χ2n) is 5.33. The third kappa shape index (κ3) is 3.96. The van der Waals surface area contributed by atoms with E-state index in [1.54, 1.807) is 19.1 Å². The van der Waals surface area contributed by atoms with E-state index in [0.29, 0.717) is 22.5 Å². The Morgan fingerprint density at radius 2 is 2.04 bits per heavy atom. The van der Waals surface area contributed by atoms with Crippen molar-refractivity contribution in [1.82, 2.24) is 0 Å². The lowest BCUT2D eigenvalue weighted by Gasteiger charge is -2.05. The molecule has 2 aromatic rings. The largest absolute Gasteiger partial charge is 0.365 e. The molecule has 8 heteroatoms. The zero-order valence-corrected chi connectivity index (χ0v) is 14.1. The lowest BCUT2D eigenvalue weighted by molar-refractivity contribution is -0.384. The van der Waals surface area contributed by atoms with E-state index in [2.05, 4.69) is 5.32 Å². The van der Waals surface area contributed by atoms with E-state index in [1.807, 2.05) is 6.92 Å². The second-order valence-corrected chi connectivity index (χ2v) is 6.55. The highest BCUT2D eigenvalue weighted by atomic mass is 32.1. The fourth-order valence-corrected chi connectivity index (χ4v) is 3.37. The maximum absolute atomic E-state index is 12.1. The molecule has 0 atom stereocenters. The van der Waals surface area contributed by atoms with Crippen LogP contribution >= 0.6 is 11.3 Å². The molecule has 1 aromatic carbocycles. The van der Waals surface area contributed by atoms with Crippen molar-refractivity contribution in [2.45, 2.75) is 26.7 Å². The number of carbonyl (C=O) groups is 2. The predicted molar refractivity (Wildman–Crippen MR) is 92.4 cm³/mol. The number of rotatable bonds is 6. The Kier molecular flexibility index (Phi) is 5.30. The van der Waals surface area contributed by atoms with Gasteiger partial charge in [-0.1, -0.05) is 12.1 Å². The Labute approximate surface area is 142 Å². The van der Waals surface area contributed by atoms with Gasteiger partial charge in [0.05, 0.1) is 10.5 Å². The number of thiophene rings is 1. The Bertz CT molecular complexity index is 814. The summed E-state index contributed by atoms with van der Waals surface area (Å²) in [5, 5.41) is 13.9. The van der Waals surface area contributed by atoms with Crippen molar-refractivity contribution >= 4 is 33.8 Å². The van der Waals surface area contributed by atoms with Gasteiger partial charge in [-0.25, -0.2) is 0 Å². The van der Waals surface area contributed by atoms with Crippen molar-refractivity contribution in [1.29, 1.82) is 0 Å². The molecule has 3 N–H and O–H groups in total. The molecule has 126 valence electrons. The number of primary amides is 1. The van der Waals surface area contributed by atoms with Crippen LogP contribution in [0.4, 0.5) is 10.7 Å². The summed E-state index contributed by atoms with van der Waals surface area (Å²) < 4.78 is 0. The van der Waals surface area contributed by atoms with E-state index < -0.39 is 10.8 Å². The molecule has 0 aliphatic carbocycles. The molecule has 1 heterocycles. The Hall–Kier alpha value is -2.74. The van der Waals surface area contributed by atoms with Crippen molar-refractivity contribution in [3.63, 3.8) is 0 Å². The van der Waals surface area contributed by atoms with Gasteiger partial charge in [0, 0.05) is 23.4 Å². The number of nitrogens with two attached hydrogens (primary N) is 1. The van der Waals surface area contributed by atoms with E-state index in [0.717, 1.165) is 10.4 Å². The molecule has 0 fully saturated rings. The lowest BCUT2D eigenvalue weighted by Crippen LogP contribution is -2.17. The number of anilines is 1. The zero-order chi connectivity index (χ0) is 17.9. The fraction of sp³-hybridized carbons (Fsp3) is 0.250. The van der Waals surface area contributed by atoms with E-state index in [1.165, 1.54) is 23.5 Å². The Morgan fingerprint density at radius 1 is 1.33 bits per heavy atom. The third-order valence-electron chi connectivity index (χ3n) is 3.65. The van der Waals surface area contributed by atoms with Crippen molar-refractivity contribution < 1.29 is 14.5 Å². The maximum atomic E-state index is 12.1. The van der Waals surface area contributed by atoms with Crippen molar-refractivity contribution in [3.8, 4) is 0 Å². The average molecular weight is 347 g/mol. The minimum atomic E-state index is -0.578. The summed E-state index contributed by atoms with van der Waals surface area (Å²) in [6.45, 7) is 3.63. The van der Waals surface area contributed by atoms with Crippen LogP contribution in [0, 0.1) is 24.0 Å². The number of nitro groups is 1. The lowest BCUT2D eigenvalue weighted by atomic mass is 10.1. The van der Waals surface area contributed by atoms with Crippen LogP contribution in [-0.4, -0.2) is 16.7 Å². The topological polar surface area (TPSA) is 115 Å². The smallest absolute Gasteiger partial charge is 0.269 e. The van der Waals surface area contributed by atoms with Gasteiger partial charge in [-0.15, -0.1) is 11.3 Å². The summed E-state index contributed by atoms with van der Waals surface area (Å²) >= 11 is 1.30. The van der Waals surface area contributed by atoms with E-state index >= 15 is 0 Å². The van der Waals surface area contributed by atoms with Gasteiger partial charge in [0.2, 0.25) is 5.91 Å². The number of aryl methyl sites for hydroxylation is 2. The first-order chi connectivity index (χ1) is 11.3. The number of nitrogens with one attached hydrogen (secondary N) is 1. The van der Waals surface area contributed by atoms with Gasteiger partial charge in [-0.05, 0) is 31.4 Å². The summed E-state index contributed by atoms with van der Waals surface area (Å²) in [7, 11) is 0. The number of nitro benzene ring substituents is 1. The summed E-state index contributed by atoms with van der Waals surface area (Å²) in [5.74, 6) is -0.851. The first kappa shape index (κ1) is 17.6. The molecule has 0 unspecified atom stereocenters. The van der Waals surface area contributed by atoms with Crippen molar-refractivity contribution in [2.24, 2.45) is 5.73 Å². The molecule has 1 aromatic heterocycles. The monoisotopic (exact) mass is 347 g/mol. The molecule has 0 saturated carbocycles. The van der Waals surface area contributed by atoms with Crippen LogP contribution in [0.15, 0.2) is 24.3 Å². The molecule has 2 amide bonds. The quantitative estimate of drug-likeness (QED) is 0.617. The van der Waals surface area contributed by atoms with Gasteiger partial charge in [0.25, 0.3) is 11.6 Å². The molecular weight excluding hydrogens is 330 g/mol. The fourth-order valence-electron chi connectivity index (χ4n) is 2.28. The molecule has 7 nitrogen and oxygen atoms in total. The first-order valence-electron chi connectivity index (χ1n) is 7.22. The molecule has 0 spiro atoms. The normalized spacial score (nSPS) is 10.4. The summed E-state index contributed by atoms with van der Waals surface area (Å²) in [4.78, 5) is 34.8. The van der Waals surface area contributed by atoms with Gasteiger partial charge in [-0.2, -0.15) is 0 Å². The van der Waals surface area contributed by atoms with Gasteiger partial charge >= 0.3 is 0 Å². The van der Waals surface area contributed by atoms with Gasteiger partial charge in [0.1, 0.15) is 5.00 Å². The summed E-state index contributed by atoms with van der Waals surface area (Å²) in [6, 6.07) is 6.17. The first-order valence-corrected chi connectivity index (χ1v) is 8.04. The number of amides is 2. The Balaban J connectivity index is 2.04. The van der Waals surface area contributed by atoms with Crippen LogP contribution in [0.1, 0.15) is 32.8 Å². The SMILES string of the molecule is Cc1sc(NC(=O)CCc2cccc([N+](=O)[O-])c2)c(C(N)=O)c1C. The van der Waals surface area contributed by atoms with Gasteiger partial charge < -0.3 is 11.1 Å². The van der Waals surface area contributed by atoms with E-state index in [9.17, 15) is 19.7 Å². The van der Waals surface area contributed by atoms with Crippen LogP contribution in [-0.2, 0) is 11.2 Å². The third-order valence-corrected chi connectivity index (χ3v) is 4.77. The molecule has 24 heavy (non-hydrogen) atoms. The van der Waals surface area contributed by atoms with Crippen LogP contribution in [0.5, 0.6) is 0 Å². The highest BCUT2D eigenvalue weighted by Crippen LogP contribution is 2.32. The molecule has 0 bridgehead atoms. The minimum Gasteiger partial charge on any atom is -0.365 e. The highest BCUT2D eigenvalue weighted by molar-refractivity contribution is 7.16. The maximum Gasteiger partial charge on any atom is 0.269 e. The number of benzene rings is 1. The van der Waals surface area contributed by atoms with Gasteiger partial charge in [-0.3, -0.25) is 19.7 Å². The van der Waals surface area contributed by atoms with Gasteiger partial charge in [0.15, 0.2) is 0 Å². The van der Waals surface area contributed by atoms with E-state index in [4.69, 9.17) is 5.73 Å². The highest BCUT2D eigenvalue weighted by Gasteiger charge is 2.19. The van der Waals surface area contributed by atoms with E-state index in [-0.39, 0.29) is 18.0 Å². The molecule has 2 rings (SSSR count). The molecular formula is C16H17N3O4S. The summed E-state index contributed by atoms with van der Waals surface area (Å²) in [6.07, 6.45) is 0.512. The molecule has 0 aliphatic rings. The second kappa shape index (κ2) is 7.22. The van der Waals surface area contributed by atoms with Crippen LogP contribution in [0.3, 0.4) is 0 Å². The number of nitrogens with zero attached hydrogens (tertiary/aromatic N) is 1. The van der Waals surface area contributed by atoms with Crippen molar-refractivity contribution in [3.05, 3.63) is 55.9 Å². The van der Waals surface area contributed by atoms with Crippen LogP contribution in [0.25, 0.3) is 0 Å². The number of hydrogen-bond acceptors (Lipinski definition) is 5. The Morgan fingerprint density at radius 3 is 2.67 bits per heavy atom. The average Bonchev–Trinajstić information content (AvgIpc) is 2.80. The minimum absolute atomic E-state index is 0.00608. The predicted octanol–water partition coefficient (Wildman–Crippen LogP) is 2.94. The molecule has 0 radical (unpaired) electrons. The van der Waals surface area contributed by atoms with Crippen LogP contribution < -0.4 is 11.1 Å². The molecule has 0 saturated heterocycles. The number of carbonyl (C=O) groups excluding carboxylic acids is 2. The number of hydrogen-bond donors (Lipinski definition) is 2. The number of non-ortho nitro benzene ring substituents is 1. The molecule has 0 aliphatic heterocycles. The summed E-state index contributed by atoms with van der Waals surface area (Å²) in [5.41, 5.74) is 7.16. The van der Waals surface area contributed by atoms with Crippen LogP contribution in [0.2, 0.25) is 0 Å². The standard InChI is InChI=1S/C16H17N3O4S/c1-9-10(2)24-16(14(9)15(17)21)18-13(20)7-6-11-4-3-5-12(8-11)19(22)23/h3-5,8H,6-7H2,1-2H3,(H2,17,21)(H,18,20). The van der Waals surface area contributed by atoms with Crippen molar-refractivity contribution in [2.75, 3.05) is 5.32 Å². The zero-order valence-electron chi connectivity index (χ0n) is 13.3.